The molecule has 138 valence electrons. The highest BCUT2D eigenvalue weighted by Gasteiger charge is 2.31. The maximum absolute atomic E-state index is 10.7. The van der Waals surface area contributed by atoms with E-state index >= 15 is 0 Å². The van der Waals surface area contributed by atoms with Gasteiger partial charge in [-0.2, -0.15) is 0 Å². The van der Waals surface area contributed by atoms with Gasteiger partial charge in [-0.15, -0.1) is 0 Å². The van der Waals surface area contributed by atoms with Crippen molar-refractivity contribution < 1.29 is 10.3 Å². The van der Waals surface area contributed by atoms with Gasteiger partial charge in [0, 0.05) is 36.0 Å². The summed E-state index contributed by atoms with van der Waals surface area (Å²) in [7, 11) is 0. The van der Waals surface area contributed by atoms with Crippen LogP contribution in [0.4, 0.5) is 11.5 Å². The van der Waals surface area contributed by atoms with Gasteiger partial charge in [-0.05, 0) is 49.8 Å². The average molecular weight is 363 g/mol. The molecule has 2 aliphatic rings. The summed E-state index contributed by atoms with van der Waals surface area (Å²) in [5.41, 5.74) is 3.91. The highest BCUT2D eigenvalue weighted by Crippen LogP contribution is 2.46. The number of hydrogen-bond donors (Lipinski definition) is 3. The smallest absolute Gasteiger partial charge is 0.167 e. The second-order valence-corrected chi connectivity index (χ2v) is 7.33. The van der Waals surface area contributed by atoms with Crippen molar-refractivity contribution in [2.45, 2.75) is 31.6 Å². The van der Waals surface area contributed by atoms with Crippen LogP contribution >= 0.6 is 0 Å². The molecule has 0 bridgehead atoms. The molecular weight excluding hydrogens is 342 g/mol. The second kappa shape index (κ2) is 6.44. The first-order valence-electron chi connectivity index (χ1n) is 9.35. The van der Waals surface area contributed by atoms with Crippen LogP contribution in [0.5, 0.6) is 0 Å². The summed E-state index contributed by atoms with van der Waals surface area (Å²) in [5.74, 6) is 2.19. The molecule has 3 N–H and O–H groups in total. The standard InChI is InChI=1S/C20H21N5O2/c26-11-12-3-5-13(6-4-12)19-23-17-14-7-9-21-10-16(14)25(27)20-15(18(17)24-19)2-1-8-22-20/h1-2,7-10,12-13,26-27H,3-6,11H2,(H,23,24). The Balaban J connectivity index is 1.64. The highest BCUT2D eigenvalue weighted by atomic mass is 16.5. The van der Waals surface area contributed by atoms with Gasteiger partial charge in [0.25, 0.3) is 0 Å². The Kier molecular flexibility index (Phi) is 3.91. The number of aliphatic hydroxyl groups excluding tert-OH is 1. The van der Waals surface area contributed by atoms with Crippen molar-refractivity contribution in [3.63, 3.8) is 0 Å². The van der Waals surface area contributed by atoms with Crippen LogP contribution in [0, 0.1) is 5.92 Å². The van der Waals surface area contributed by atoms with Crippen molar-refractivity contribution in [2.24, 2.45) is 5.92 Å². The number of aromatic amines is 1. The van der Waals surface area contributed by atoms with Gasteiger partial charge < -0.3 is 10.1 Å². The number of aliphatic hydroxyl groups is 1. The molecule has 7 heteroatoms. The molecule has 3 aromatic rings. The van der Waals surface area contributed by atoms with Gasteiger partial charge in [0.15, 0.2) is 5.82 Å². The normalized spacial score (nSPS) is 21.2. The van der Waals surface area contributed by atoms with Crippen molar-refractivity contribution in [1.82, 2.24) is 19.9 Å². The van der Waals surface area contributed by atoms with E-state index < -0.39 is 0 Å². The zero-order valence-corrected chi connectivity index (χ0v) is 14.8. The average Bonchev–Trinajstić information content (AvgIpc) is 3.15. The lowest BCUT2D eigenvalue weighted by molar-refractivity contribution is 0.181. The molecule has 0 saturated heterocycles. The Morgan fingerprint density at radius 3 is 2.78 bits per heavy atom. The molecule has 1 fully saturated rings. The summed E-state index contributed by atoms with van der Waals surface area (Å²) in [5, 5.41) is 21.2. The Hall–Kier alpha value is -2.77. The number of anilines is 2. The van der Waals surface area contributed by atoms with E-state index in [2.05, 4.69) is 15.0 Å². The van der Waals surface area contributed by atoms with Gasteiger partial charge in [0.2, 0.25) is 0 Å². The van der Waals surface area contributed by atoms with E-state index in [-0.39, 0.29) is 6.61 Å². The monoisotopic (exact) mass is 363 g/mol. The molecule has 0 atom stereocenters. The summed E-state index contributed by atoms with van der Waals surface area (Å²) in [6, 6.07) is 5.66. The van der Waals surface area contributed by atoms with E-state index in [0.29, 0.717) is 23.3 Å². The number of fused-ring (bicyclic) bond motifs is 5. The maximum atomic E-state index is 10.7. The first kappa shape index (κ1) is 16.4. The lowest BCUT2D eigenvalue weighted by Crippen LogP contribution is -2.17. The molecule has 0 aromatic carbocycles. The fourth-order valence-corrected chi connectivity index (χ4v) is 4.22. The van der Waals surface area contributed by atoms with Crippen LogP contribution in [0.3, 0.4) is 0 Å². The quantitative estimate of drug-likeness (QED) is 0.643. The maximum Gasteiger partial charge on any atom is 0.167 e. The van der Waals surface area contributed by atoms with Crippen LogP contribution in [-0.2, 0) is 0 Å². The second-order valence-electron chi connectivity index (χ2n) is 7.33. The number of nitrogens with zero attached hydrogens (tertiary/aromatic N) is 4. The minimum Gasteiger partial charge on any atom is -0.396 e. The van der Waals surface area contributed by atoms with Crippen LogP contribution < -0.4 is 5.06 Å². The molecule has 1 aliphatic heterocycles. The van der Waals surface area contributed by atoms with Crippen LogP contribution in [0.25, 0.3) is 22.5 Å². The van der Waals surface area contributed by atoms with Crippen molar-refractivity contribution in [3.8, 4) is 22.5 Å². The summed E-state index contributed by atoms with van der Waals surface area (Å²) in [6.45, 7) is 0.271. The fraction of sp³-hybridized carbons (Fsp3) is 0.350. The number of aromatic nitrogens is 4. The Morgan fingerprint density at radius 1 is 1.11 bits per heavy atom. The highest BCUT2D eigenvalue weighted by molar-refractivity contribution is 5.94. The molecule has 0 radical (unpaired) electrons. The van der Waals surface area contributed by atoms with E-state index in [9.17, 15) is 10.3 Å². The molecule has 1 saturated carbocycles. The molecule has 5 rings (SSSR count). The van der Waals surface area contributed by atoms with Gasteiger partial charge in [-0.3, -0.25) is 10.2 Å². The van der Waals surface area contributed by atoms with Gasteiger partial charge >= 0.3 is 0 Å². The van der Waals surface area contributed by atoms with E-state index in [0.717, 1.165) is 59.1 Å². The predicted octanol–water partition coefficient (Wildman–Crippen LogP) is 3.64. The Bertz CT molecular complexity index is 913. The number of H-pyrrole nitrogens is 1. The molecule has 4 heterocycles. The lowest BCUT2D eigenvalue weighted by atomic mass is 9.82. The third-order valence-corrected chi connectivity index (χ3v) is 5.75. The Morgan fingerprint density at radius 2 is 1.96 bits per heavy atom. The molecule has 7 nitrogen and oxygen atoms in total. The van der Waals surface area contributed by atoms with Crippen molar-refractivity contribution in [2.75, 3.05) is 11.7 Å². The van der Waals surface area contributed by atoms with Crippen LogP contribution in [0.1, 0.15) is 37.4 Å². The number of pyridine rings is 2. The van der Waals surface area contributed by atoms with Crippen molar-refractivity contribution in [1.29, 1.82) is 0 Å². The molecule has 27 heavy (non-hydrogen) atoms. The van der Waals surface area contributed by atoms with Crippen molar-refractivity contribution in [3.05, 3.63) is 42.6 Å². The number of hydrogen-bond acceptors (Lipinski definition) is 6. The first-order valence-corrected chi connectivity index (χ1v) is 9.35. The van der Waals surface area contributed by atoms with Gasteiger partial charge in [-0.1, -0.05) is 0 Å². The fourth-order valence-electron chi connectivity index (χ4n) is 4.22. The predicted molar refractivity (Wildman–Crippen MR) is 101 cm³/mol. The summed E-state index contributed by atoms with van der Waals surface area (Å²) in [4.78, 5) is 17.0. The zero-order chi connectivity index (χ0) is 18.4. The van der Waals surface area contributed by atoms with Gasteiger partial charge in [0.1, 0.15) is 11.5 Å². The molecule has 0 amide bonds. The third-order valence-electron chi connectivity index (χ3n) is 5.75. The lowest BCUT2D eigenvalue weighted by Gasteiger charge is -2.26. The van der Waals surface area contributed by atoms with Crippen LogP contribution in [-0.4, -0.2) is 36.9 Å². The Labute approximate surface area is 156 Å². The van der Waals surface area contributed by atoms with E-state index in [4.69, 9.17) is 4.98 Å². The first-order chi connectivity index (χ1) is 13.3. The minimum atomic E-state index is 0.271. The molecule has 0 spiro atoms. The summed E-state index contributed by atoms with van der Waals surface area (Å²) < 4.78 is 0. The minimum absolute atomic E-state index is 0.271. The van der Waals surface area contributed by atoms with E-state index in [1.54, 1.807) is 18.6 Å². The number of imidazole rings is 1. The summed E-state index contributed by atoms with van der Waals surface area (Å²) >= 11 is 0. The molecular formula is C20H21N5O2. The van der Waals surface area contributed by atoms with Gasteiger partial charge in [0.05, 0.1) is 17.6 Å². The molecule has 1 aliphatic carbocycles. The van der Waals surface area contributed by atoms with E-state index in [1.165, 1.54) is 0 Å². The number of nitrogens with one attached hydrogen (secondary N) is 1. The van der Waals surface area contributed by atoms with Gasteiger partial charge in [-0.25, -0.2) is 15.0 Å². The van der Waals surface area contributed by atoms with E-state index in [1.807, 2.05) is 18.2 Å². The third kappa shape index (κ3) is 2.62. The largest absolute Gasteiger partial charge is 0.396 e. The molecule has 0 unspecified atom stereocenters. The molecule has 3 aromatic heterocycles. The van der Waals surface area contributed by atoms with Crippen LogP contribution in [0.15, 0.2) is 36.8 Å². The number of rotatable bonds is 2. The SMILES string of the molecule is OCC1CCC(c2nc3c([nH]2)-c2ccncc2N(O)c2ncccc2-3)CC1. The topological polar surface area (TPSA) is 98.2 Å². The van der Waals surface area contributed by atoms with Crippen molar-refractivity contribution >= 4 is 11.5 Å². The zero-order valence-electron chi connectivity index (χ0n) is 14.8. The van der Waals surface area contributed by atoms with Crippen LogP contribution in [0.2, 0.25) is 0 Å². The summed E-state index contributed by atoms with van der Waals surface area (Å²) in [6.07, 6.45) is 9.10.